The fourth-order valence-electron chi connectivity index (χ4n) is 3.10. The zero-order valence-corrected chi connectivity index (χ0v) is 18.3. The van der Waals surface area contributed by atoms with Crippen LogP contribution in [0.5, 0.6) is 0 Å². The Labute approximate surface area is 186 Å². The van der Waals surface area contributed by atoms with Gasteiger partial charge in [-0.25, -0.2) is 0 Å². The number of carbonyl (C=O) groups excluding carboxylic acids is 2. The topological polar surface area (TPSA) is 74.3 Å². The lowest BCUT2D eigenvalue weighted by Gasteiger charge is -2.13. The van der Waals surface area contributed by atoms with Crippen molar-refractivity contribution in [2.24, 2.45) is 0 Å². The number of halogens is 1. The molecule has 2 aromatic carbocycles. The lowest BCUT2D eigenvalue weighted by Crippen LogP contribution is -2.27. The first-order valence-electron chi connectivity index (χ1n) is 9.06. The Morgan fingerprint density at radius 1 is 1.17 bits per heavy atom. The molecule has 7 heteroatoms. The monoisotopic (exact) mass is 478 g/mol. The van der Waals surface area contributed by atoms with E-state index in [-0.39, 0.29) is 11.8 Å². The molecule has 0 N–H and O–H groups in total. The number of nitriles is 1. The van der Waals surface area contributed by atoms with Gasteiger partial charge in [-0.1, -0.05) is 40.2 Å². The van der Waals surface area contributed by atoms with Crippen LogP contribution in [0.4, 0.5) is 4.79 Å². The van der Waals surface area contributed by atoms with Gasteiger partial charge in [-0.3, -0.25) is 14.5 Å². The van der Waals surface area contributed by atoms with Gasteiger partial charge in [-0.2, -0.15) is 5.26 Å². The lowest BCUT2D eigenvalue weighted by atomic mass is 10.1. The van der Waals surface area contributed by atoms with Crippen molar-refractivity contribution in [2.45, 2.75) is 13.5 Å². The molecule has 30 heavy (non-hydrogen) atoms. The second kappa shape index (κ2) is 8.34. The first-order chi connectivity index (χ1) is 14.5. The summed E-state index contributed by atoms with van der Waals surface area (Å²) in [5.41, 5.74) is 3.11. The summed E-state index contributed by atoms with van der Waals surface area (Å²) in [5.74, 6) is 0.753. The van der Waals surface area contributed by atoms with Crippen LogP contribution in [0.15, 0.2) is 68.4 Å². The van der Waals surface area contributed by atoms with Crippen LogP contribution in [0, 0.1) is 18.3 Å². The van der Waals surface area contributed by atoms with E-state index >= 15 is 0 Å². The third-order valence-electron chi connectivity index (χ3n) is 4.63. The van der Waals surface area contributed by atoms with Crippen LogP contribution in [0.3, 0.4) is 0 Å². The summed E-state index contributed by atoms with van der Waals surface area (Å²) >= 11 is 4.41. The Morgan fingerprint density at radius 2 is 1.97 bits per heavy atom. The van der Waals surface area contributed by atoms with E-state index in [9.17, 15) is 14.9 Å². The molecule has 0 bridgehead atoms. The molecule has 4 rings (SSSR count). The molecule has 2 heterocycles. The Bertz CT molecular complexity index is 1240. The molecule has 0 aliphatic carbocycles. The number of nitrogens with zero attached hydrogens (tertiary/aromatic N) is 2. The van der Waals surface area contributed by atoms with Gasteiger partial charge in [-0.05, 0) is 60.1 Å². The predicted molar refractivity (Wildman–Crippen MR) is 119 cm³/mol. The number of rotatable bonds is 4. The quantitative estimate of drug-likeness (QED) is 0.421. The van der Waals surface area contributed by atoms with E-state index < -0.39 is 5.91 Å². The summed E-state index contributed by atoms with van der Waals surface area (Å²) in [7, 11) is 0. The molecule has 148 valence electrons. The second-order valence-corrected chi connectivity index (χ2v) is 8.57. The van der Waals surface area contributed by atoms with Crippen LogP contribution in [0.25, 0.3) is 17.4 Å². The summed E-state index contributed by atoms with van der Waals surface area (Å²) in [6.45, 7) is 2.07. The smallest absolute Gasteiger partial charge is 0.293 e. The molecule has 1 saturated heterocycles. The fourth-order valence-corrected chi connectivity index (χ4v) is 4.61. The highest BCUT2D eigenvalue weighted by Gasteiger charge is 2.35. The molecule has 0 atom stereocenters. The van der Waals surface area contributed by atoms with Crippen LogP contribution in [-0.2, 0) is 11.3 Å². The van der Waals surface area contributed by atoms with Crippen LogP contribution in [0.2, 0.25) is 0 Å². The number of carbonyl (C=O) groups is 2. The van der Waals surface area contributed by atoms with Gasteiger partial charge >= 0.3 is 0 Å². The summed E-state index contributed by atoms with van der Waals surface area (Å²) < 4.78 is 6.80. The molecule has 5 nitrogen and oxygen atoms in total. The van der Waals surface area contributed by atoms with Crippen molar-refractivity contribution < 1.29 is 14.0 Å². The molecular weight excluding hydrogens is 464 g/mol. The third-order valence-corrected chi connectivity index (χ3v) is 6.19. The number of amides is 2. The van der Waals surface area contributed by atoms with Crippen molar-refractivity contribution in [1.82, 2.24) is 4.90 Å². The number of thioether (sulfide) groups is 1. The molecule has 0 unspecified atom stereocenters. The zero-order valence-electron chi connectivity index (χ0n) is 15.9. The maximum atomic E-state index is 12.8. The first-order valence-corrected chi connectivity index (χ1v) is 10.7. The number of benzene rings is 2. The van der Waals surface area contributed by atoms with Gasteiger partial charge in [0.15, 0.2) is 0 Å². The van der Waals surface area contributed by atoms with E-state index in [0.29, 0.717) is 27.6 Å². The van der Waals surface area contributed by atoms with Gasteiger partial charge in [-0.15, -0.1) is 0 Å². The minimum absolute atomic E-state index is 0.0610. The van der Waals surface area contributed by atoms with E-state index in [1.807, 2.05) is 31.2 Å². The molecule has 1 aliphatic rings. The molecule has 2 amide bonds. The van der Waals surface area contributed by atoms with Crippen molar-refractivity contribution in [2.75, 3.05) is 0 Å². The molecular formula is C23H15BrN2O3S. The third kappa shape index (κ3) is 3.97. The number of hydrogen-bond acceptors (Lipinski definition) is 5. The van der Waals surface area contributed by atoms with Crippen molar-refractivity contribution >= 4 is 44.9 Å². The van der Waals surface area contributed by atoms with Gasteiger partial charge in [0.25, 0.3) is 11.1 Å². The zero-order chi connectivity index (χ0) is 21.3. The van der Waals surface area contributed by atoms with E-state index in [2.05, 4.69) is 22.0 Å². The number of hydrogen-bond donors (Lipinski definition) is 0. The minimum Gasteiger partial charge on any atom is -0.457 e. The van der Waals surface area contributed by atoms with Crippen molar-refractivity contribution in [1.29, 1.82) is 5.26 Å². The van der Waals surface area contributed by atoms with E-state index in [1.165, 1.54) is 0 Å². The molecule has 1 fully saturated rings. The van der Waals surface area contributed by atoms with Gasteiger partial charge in [0.1, 0.15) is 11.5 Å². The predicted octanol–water partition coefficient (Wildman–Crippen LogP) is 6.13. The average Bonchev–Trinajstić information content (AvgIpc) is 3.28. The highest BCUT2D eigenvalue weighted by atomic mass is 79.9. The Hall–Kier alpha value is -3.08. The van der Waals surface area contributed by atoms with Gasteiger partial charge < -0.3 is 4.42 Å². The Balaban J connectivity index is 1.57. The number of furan rings is 1. The Kier molecular flexibility index (Phi) is 5.62. The number of aryl methyl sites for hydroxylation is 1. The van der Waals surface area contributed by atoms with E-state index in [1.54, 1.807) is 36.4 Å². The molecule has 0 radical (unpaired) electrons. The molecule has 1 aromatic heterocycles. The van der Waals surface area contributed by atoms with Crippen LogP contribution >= 0.6 is 27.7 Å². The van der Waals surface area contributed by atoms with Crippen LogP contribution < -0.4 is 0 Å². The van der Waals surface area contributed by atoms with Gasteiger partial charge in [0, 0.05) is 16.1 Å². The van der Waals surface area contributed by atoms with Gasteiger partial charge in [0.05, 0.1) is 23.1 Å². The minimum atomic E-state index is -0.396. The molecule has 0 saturated carbocycles. The fraction of sp³-hybridized carbons (Fsp3) is 0.0870. The SMILES string of the molecule is Cc1ccc(-c2ccc(/C=C3\SC(=O)N(Cc4ccccc4C#N)C3=O)o2)c(Br)c1. The molecule has 0 spiro atoms. The Morgan fingerprint density at radius 3 is 2.73 bits per heavy atom. The molecule has 3 aromatic rings. The summed E-state index contributed by atoms with van der Waals surface area (Å²) in [6, 6.07) is 18.6. The van der Waals surface area contributed by atoms with Crippen molar-refractivity contribution in [3.8, 4) is 17.4 Å². The largest absolute Gasteiger partial charge is 0.457 e. The molecule has 1 aliphatic heterocycles. The second-order valence-electron chi connectivity index (χ2n) is 6.72. The highest BCUT2D eigenvalue weighted by Crippen LogP contribution is 2.35. The average molecular weight is 479 g/mol. The normalized spacial score (nSPS) is 15.1. The summed E-state index contributed by atoms with van der Waals surface area (Å²) in [5, 5.41) is 8.86. The summed E-state index contributed by atoms with van der Waals surface area (Å²) in [4.78, 5) is 26.6. The van der Waals surface area contributed by atoms with Gasteiger partial charge in [0.2, 0.25) is 0 Å². The van der Waals surface area contributed by atoms with Crippen LogP contribution in [-0.4, -0.2) is 16.0 Å². The standard InChI is InChI=1S/C23H15BrN2O3S/c1-14-6-8-18(19(24)10-14)20-9-7-17(29-20)11-21-22(27)26(23(28)30-21)13-16-5-3-2-4-15(16)12-25/h2-11H,13H2,1H3/b21-11-. The highest BCUT2D eigenvalue weighted by molar-refractivity contribution is 9.10. The summed E-state index contributed by atoms with van der Waals surface area (Å²) in [6.07, 6.45) is 1.58. The first kappa shape index (κ1) is 20.2. The van der Waals surface area contributed by atoms with Crippen molar-refractivity contribution in [3.05, 3.63) is 86.4 Å². The number of imide groups is 1. The van der Waals surface area contributed by atoms with Crippen molar-refractivity contribution in [3.63, 3.8) is 0 Å². The van der Waals surface area contributed by atoms with Crippen LogP contribution in [0.1, 0.15) is 22.5 Å². The maximum Gasteiger partial charge on any atom is 0.293 e. The van der Waals surface area contributed by atoms with E-state index in [0.717, 1.165) is 32.3 Å². The lowest BCUT2D eigenvalue weighted by molar-refractivity contribution is -0.123. The maximum absolute atomic E-state index is 12.8. The van der Waals surface area contributed by atoms with E-state index in [4.69, 9.17) is 4.42 Å².